The standard InChI is InChI=1S/C50H36N2O/c1-3-4-6-15-34(2)52(46-24-13-20-36-18-9-11-21-42(36)46)41-28-26-37(27-29-41)45-31-38-19-10-12-22-43(38)49-48-44(23-14-25-47(48)53-50(45)49)40-30-39(32-51-33-40)35-16-7-5-8-17-35/h3-33H,2H2,1H3/b4-3-,15-6-. The first kappa shape index (κ1) is 32.0. The molecule has 9 rings (SSSR count). The molecule has 0 saturated carbocycles. The van der Waals surface area contributed by atoms with Gasteiger partial charge in [0.2, 0.25) is 0 Å². The van der Waals surface area contributed by atoms with Gasteiger partial charge in [-0.1, -0.05) is 140 Å². The highest BCUT2D eigenvalue weighted by Crippen LogP contribution is 2.45. The van der Waals surface area contributed by atoms with E-state index in [4.69, 9.17) is 4.42 Å². The molecule has 0 aliphatic heterocycles. The zero-order chi connectivity index (χ0) is 35.7. The average molecular weight is 681 g/mol. The fourth-order valence-electron chi connectivity index (χ4n) is 7.50. The number of furan rings is 1. The van der Waals surface area contributed by atoms with Crippen LogP contribution in [-0.4, -0.2) is 4.98 Å². The molecule has 2 heterocycles. The minimum absolute atomic E-state index is 0.850. The molecule has 0 amide bonds. The minimum Gasteiger partial charge on any atom is -0.455 e. The lowest BCUT2D eigenvalue weighted by Gasteiger charge is -2.27. The van der Waals surface area contributed by atoms with E-state index < -0.39 is 0 Å². The predicted molar refractivity (Wildman–Crippen MR) is 225 cm³/mol. The molecule has 0 atom stereocenters. The Labute approximate surface area is 309 Å². The molecule has 2 aromatic heterocycles. The monoisotopic (exact) mass is 680 g/mol. The Kier molecular flexibility index (Phi) is 8.22. The van der Waals surface area contributed by atoms with E-state index in [1.54, 1.807) is 0 Å². The summed E-state index contributed by atoms with van der Waals surface area (Å²) in [6.07, 6.45) is 12.0. The third-order valence-corrected chi connectivity index (χ3v) is 9.97. The van der Waals surface area contributed by atoms with Crippen LogP contribution in [0.5, 0.6) is 0 Å². The third-order valence-electron chi connectivity index (χ3n) is 9.97. The molecule has 3 heteroatoms. The molecule has 0 radical (unpaired) electrons. The van der Waals surface area contributed by atoms with Gasteiger partial charge < -0.3 is 9.32 Å². The number of anilines is 2. The van der Waals surface area contributed by atoms with Crippen LogP contribution in [0.2, 0.25) is 0 Å². The molecule has 0 fully saturated rings. The van der Waals surface area contributed by atoms with E-state index in [1.807, 2.05) is 43.6 Å². The normalized spacial score (nSPS) is 11.8. The number of pyridine rings is 1. The van der Waals surface area contributed by atoms with Gasteiger partial charge in [0.15, 0.2) is 0 Å². The van der Waals surface area contributed by atoms with Crippen LogP contribution in [0.3, 0.4) is 0 Å². The highest BCUT2D eigenvalue weighted by molar-refractivity contribution is 6.25. The summed E-state index contributed by atoms with van der Waals surface area (Å²) in [5, 5.41) is 6.87. The van der Waals surface area contributed by atoms with Crippen molar-refractivity contribution in [2.75, 3.05) is 4.90 Å². The Morgan fingerprint density at radius 2 is 1.30 bits per heavy atom. The second kappa shape index (κ2) is 13.6. The molecule has 53 heavy (non-hydrogen) atoms. The SMILES string of the molecule is C=C(/C=C\C=C/C)N(c1ccc(-c2cc3ccccc3c3c2oc2cccc(-c4cncc(-c5ccccc5)c4)c23)cc1)c1cccc2ccccc12. The maximum Gasteiger partial charge on any atom is 0.143 e. The maximum atomic E-state index is 6.85. The molecule has 9 aromatic rings. The molecular formula is C50H36N2O. The Balaban J connectivity index is 1.21. The summed E-state index contributed by atoms with van der Waals surface area (Å²) >= 11 is 0. The van der Waals surface area contributed by atoms with Crippen molar-refractivity contribution in [2.24, 2.45) is 0 Å². The first-order valence-corrected chi connectivity index (χ1v) is 17.9. The average Bonchev–Trinajstić information content (AvgIpc) is 3.62. The number of benzene rings is 7. The van der Waals surface area contributed by atoms with Crippen molar-refractivity contribution in [3.8, 4) is 33.4 Å². The molecule has 0 spiro atoms. The van der Waals surface area contributed by atoms with Crippen molar-refractivity contribution >= 4 is 54.9 Å². The van der Waals surface area contributed by atoms with Crippen LogP contribution in [0.4, 0.5) is 11.4 Å². The van der Waals surface area contributed by atoms with E-state index in [-0.39, 0.29) is 0 Å². The molecule has 0 bridgehead atoms. The summed E-state index contributed by atoms with van der Waals surface area (Å²) in [5.74, 6) is 0. The lowest BCUT2D eigenvalue weighted by atomic mass is 9.93. The summed E-state index contributed by atoms with van der Waals surface area (Å²) < 4.78 is 6.85. The predicted octanol–water partition coefficient (Wildman–Crippen LogP) is 14.1. The zero-order valence-corrected chi connectivity index (χ0v) is 29.4. The van der Waals surface area contributed by atoms with Crippen molar-refractivity contribution in [3.05, 3.63) is 201 Å². The third kappa shape index (κ3) is 5.79. The van der Waals surface area contributed by atoms with E-state index in [9.17, 15) is 0 Å². The van der Waals surface area contributed by atoms with E-state index in [0.717, 1.165) is 83.2 Å². The van der Waals surface area contributed by atoms with Crippen molar-refractivity contribution < 1.29 is 4.42 Å². The van der Waals surface area contributed by atoms with Gasteiger partial charge in [0, 0.05) is 56.6 Å². The van der Waals surface area contributed by atoms with Gasteiger partial charge in [0.1, 0.15) is 11.2 Å². The molecule has 0 saturated heterocycles. The topological polar surface area (TPSA) is 29.3 Å². The lowest BCUT2D eigenvalue weighted by Crippen LogP contribution is -2.14. The highest BCUT2D eigenvalue weighted by atomic mass is 16.3. The number of aromatic nitrogens is 1. The molecular weight excluding hydrogens is 645 g/mol. The number of nitrogens with zero attached hydrogens (tertiary/aromatic N) is 2. The molecule has 0 aliphatic carbocycles. The van der Waals surface area contributed by atoms with E-state index in [1.165, 1.54) is 10.8 Å². The van der Waals surface area contributed by atoms with E-state index in [0.29, 0.717) is 0 Å². The lowest BCUT2D eigenvalue weighted by molar-refractivity contribution is 0.670. The molecule has 252 valence electrons. The summed E-state index contributed by atoms with van der Waals surface area (Å²) in [5.41, 5.74) is 11.2. The fraction of sp³-hybridized carbons (Fsp3) is 0.0200. The van der Waals surface area contributed by atoms with E-state index >= 15 is 0 Å². The van der Waals surface area contributed by atoms with Gasteiger partial charge in [0.25, 0.3) is 0 Å². The van der Waals surface area contributed by atoms with Gasteiger partial charge in [-0.15, -0.1) is 0 Å². The van der Waals surface area contributed by atoms with Crippen LogP contribution in [0.25, 0.3) is 76.9 Å². The quantitative estimate of drug-likeness (QED) is 0.150. The second-order valence-electron chi connectivity index (χ2n) is 13.2. The van der Waals surface area contributed by atoms with Crippen LogP contribution < -0.4 is 4.90 Å². The molecule has 0 N–H and O–H groups in total. The van der Waals surface area contributed by atoms with Gasteiger partial charge in [-0.3, -0.25) is 4.98 Å². The largest absolute Gasteiger partial charge is 0.455 e. The molecule has 7 aromatic carbocycles. The summed E-state index contributed by atoms with van der Waals surface area (Å²) in [7, 11) is 0. The number of hydrogen-bond donors (Lipinski definition) is 0. The number of allylic oxidation sites excluding steroid dienone is 4. The van der Waals surface area contributed by atoms with Gasteiger partial charge in [-0.2, -0.15) is 0 Å². The van der Waals surface area contributed by atoms with Gasteiger partial charge >= 0.3 is 0 Å². The number of fused-ring (bicyclic) bond motifs is 6. The first-order valence-electron chi connectivity index (χ1n) is 17.9. The number of rotatable bonds is 8. The van der Waals surface area contributed by atoms with Crippen molar-refractivity contribution in [1.29, 1.82) is 0 Å². The van der Waals surface area contributed by atoms with Gasteiger partial charge in [-0.05, 0) is 82.2 Å². The molecule has 0 unspecified atom stereocenters. The molecule has 3 nitrogen and oxygen atoms in total. The Morgan fingerprint density at radius 1 is 0.585 bits per heavy atom. The summed E-state index contributed by atoms with van der Waals surface area (Å²) in [6, 6.07) is 53.5. The fourth-order valence-corrected chi connectivity index (χ4v) is 7.50. The summed E-state index contributed by atoms with van der Waals surface area (Å²) in [4.78, 5) is 6.91. The zero-order valence-electron chi connectivity index (χ0n) is 29.4. The van der Waals surface area contributed by atoms with Crippen molar-refractivity contribution in [3.63, 3.8) is 0 Å². The van der Waals surface area contributed by atoms with E-state index in [2.05, 4.69) is 168 Å². The second-order valence-corrected chi connectivity index (χ2v) is 13.2. The van der Waals surface area contributed by atoms with Crippen molar-refractivity contribution in [1.82, 2.24) is 4.98 Å². The van der Waals surface area contributed by atoms with Gasteiger partial charge in [0.05, 0.1) is 5.69 Å². The van der Waals surface area contributed by atoms with Crippen LogP contribution in [0, 0.1) is 0 Å². The first-order chi connectivity index (χ1) is 26.2. The molecule has 0 aliphatic rings. The smallest absolute Gasteiger partial charge is 0.143 e. The Hall–Kier alpha value is -6.97. The van der Waals surface area contributed by atoms with Crippen LogP contribution >= 0.6 is 0 Å². The minimum atomic E-state index is 0.850. The van der Waals surface area contributed by atoms with Crippen LogP contribution in [-0.2, 0) is 0 Å². The van der Waals surface area contributed by atoms with Crippen LogP contribution in [0.15, 0.2) is 205 Å². The number of hydrogen-bond acceptors (Lipinski definition) is 3. The Bertz CT molecular complexity index is 2850. The van der Waals surface area contributed by atoms with Gasteiger partial charge in [-0.25, -0.2) is 0 Å². The maximum absolute atomic E-state index is 6.85. The van der Waals surface area contributed by atoms with Crippen LogP contribution in [0.1, 0.15) is 6.92 Å². The van der Waals surface area contributed by atoms with Crippen molar-refractivity contribution in [2.45, 2.75) is 6.92 Å². The highest BCUT2D eigenvalue weighted by Gasteiger charge is 2.21. The summed E-state index contributed by atoms with van der Waals surface area (Å²) in [6.45, 7) is 6.52. The Morgan fingerprint density at radius 3 is 2.13 bits per heavy atom.